The Hall–Kier alpha value is -2.53. The van der Waals surface area contributed by atoms with Gasteiger partial charge in [0.2, 0.25) is 0 Å². The molecule has 2 rings (SSSR count). The van der Waals surface area contributed by atoms with Crippen LogP contribution < -0.4 is 4.74 Å². The van der Waals surface area contributed by atoms with Gasteiger partial charge in [0.1, 0.15) is 5.75 Å². The number of benzene rings is 2. The first-order valence-corrected chi connectivity index (χ1v) is 9.85. The summed E-state index contributed by atoms with van der Waals surface area (Å²) in [6.07, 6.45) is 3.36. The van der Waals surface area contributed by atoms with Crippen molar-refractivity contribution < 1.29 is 19.4 Å². The zero-order chi connectivity index (χ0) is 19.8. The highest BCUT2D eigenvalue weighted by Crippen LogP contribution is 2.25. The molecule has 4 nitrogen and oxygen atoms in total. The molecular weight excluding hydrogens is 360 g/mol. The Kier molecular flexibility index (Phi) is 7.67. The largest absolute Gasteiger partial charge is 0.496 e. The Morgan fingerprint density at radius 2 is 1.85 bits per heavy atom. The number of thioether (sulfide) groups is 1. The van der Waals surface area contributed by atoms with Crippen molar-refractivity contribution in [3.8, 4) is 5.75 Å². The van der Waals surface area contributed by atoms with E-state index in [-0.39, 0.29) is 11.5 Å². The van der Waals surface area contributed by atoms with Crippen LogP contribution in [0.15, 0.2) is 48.5 Å². The van der Waals surface area contributed by atoms with Crippen molar-refractivity contribution in [3.05, 3.63) is 70.8 Å². The number of hydrogen-bond acceptors (Lipinski definition) is 4. The zero-order valence-electron chi connectivity index (χ0n) is 15.8. The molecule has 142 valence electrons. The molecule has 0 saturated carbocycles. The second kappa shape index (κ2) is 9.97. The number of hydrogen-bond donors (Lipinski definition) is 1. The second-order valence-corrected chi connectivity index (χ2v) is 7.42. The van der Waals surface area contributed by atoms with Crippen LogP contribution in [-0.2, 0) is 10.5 Å². The Morgan fingerprint density at radius 3 is 2.44 bits per heavy atom. The van der Waals surface area contributed by atoms with Crippen LogP contribution in [0.3, 0.4) is 0 Å². The third-order valence-electron chi connectivity index (χ3n) is 4.08. The first kappa shape index (κ1) is 20.8. The van der Waals surface area contributed by atoms with Gasteiger partial charge in [-0.25, -0.2) is 0 Å². The summed E-state index contributed by atoms with van der Waals surface area (Å²) in [5, 5.41) is 8.77. The van der Waals surface area contributed by atoms with Crippen LogP contribution in [0.1, 0.15) is 46.8 Å². The van der Waals surface area contributed by atoms with Gasteiger partial charge >= 0.3 is 5.97 Å². The van der Waals surface area contributed by atoms with Crippen molar-refractivity contribution in [2.24, 2.45) is 0 Å². The van der Waals surface area contributed by atoms with Gasteiger partial charge in [-0.15, -0.1) is 11.8 Å². The maximum atomic E-state index is 12.5. The van der Waals surface area contributed by atoms with Crippen LogP contribution in [0.4, 0.5) is 0 Å². The molecule has 0 aromatic heterocycles. The molecule has 0 atom stereocenters. The van der Waals surface area contributed by atoms with Crippen molar-refractivity contribution >= 4 is 29.6 Å². The quantitative estimate of drug-likeness (QED) is 0.485. The normalized spacial score (nSPS) is 11.1. The minimum atomic E-state index is -0.863. The van der Waals surface area contributed by atoms with Crippen molar-refractivity contribution in [2.75, 3.05) is 12.9 Å². The van der Waals surface area contributed by atoms with E-state index in [9.17, 15) is 9.59 Å². The van der Waals surface area contributed by atoms with Gasteiger partial charge < -0.3 is 9.84 Å². The van der Waals surface area contributed by atoms with Crippen LogP contribution in [-0.4, -0.2) is 29.7 Å². The highest BCUT2D eigenvalue weighted by Gasteiger charge is 2.09. The highest BCUT2D eigenvalue weighted by molar-refractivity contribution is 7.99. The van der Waals surface area contributed by atoms with Gasteiger partial charge in [0.05, 0.1) is 12.9 Å². The predicted molar refractivity (Wildman–Crippen MR) is 111 cm³/mol. The molecular formula is C22H24O4S. The molecule has 27 heavy (non-hydrogen) atoms. The lowest BCUT2D eigenvalue weighted by Gasteiger charge is -2.09. The number of carbonyl (C=O) groups excluding carboxylic acids is 1. The SMILES string of the molecule is COc1ccc(C(=O)/C=C/c2ccc(C(C)C)cc2)cc1CSCC(=O)O. The molecule has 0 fully saturated rings. The number of carboxylic acids is 1. The fraction of sp³-hybridized carbons (Fsp3) is 0.273. The molecule has 2 aromatic rings. The van der Waals surface area contributed by atoms with E-state index >= 15 is 0 Å². The maximum absolute atomic E-state index is 12.5. The summed E-state index contributed by atoms with van der Waals surface area (Å²) in [5.74, 6) is 0.636. The van der Waals surface area contributed by atoms with E-state index in [0.717, 1.165) is 11.1 Å². The van der Waals surface area contributed by atoms with Gasteiger partial charge in [-0.3, -0.25) is 9.59 Å². The van der Waals surface area contributed by atoms with E-state index in [0.29, 0.717) is 23.0 Å². The lowest BCUT2D eigenvalue weighted by Crippen LogP contribution is -2.01. The number of ether oxygens (including phenoxy) is 1. The summed E-state index contributed by atoms with van der Waals surface area (Å²) in [7, 11) is 1.56. The van der Waals surface area contributed by atoms with Gasteiger partial charge in [-0.2, -0.15) is 0 Å². The molecule has 0 radical (unpaired) electrons. The summed E-state index contributed by atoms with van der Waals surface area (Å²) in [5.41, 5.74) is 3.59. The van der Waals surface area contributed by atoms with Gasteiger partial charge in [0.15, 0.2) is 5.78 Å². The number of allylic oxidation sites excluding steroid dienone is 1. The van der Waals surface area contributed by atoms with Gasteiger partial charge in [-0.1, -0.05) is 44.2 Å². The number of rotatable bonds is 9. The summed E-state index contributed by atoms with van der Waals surface area (Å²) in [6, 6.07) is 13.4. The Labute approximate surface area is 164 Å². The molecule has 0 aliphatic heterocycles. The smallest absolute Gasteiger partial charge is 0.313 e. The van der Waals surface area contributed by atoms with Crippen molar-refractivity contribution in [1.29, 1.82) is 0 Å². The predicted octanol–water partition coefficient (Wildman–Crippen LogP) is 5.03. The summed E-state index contributed by atoms with van der Waals surface area (Å²) < 4.78 is 5.31. The molecule has 2 aromatic carbocycles. The third kappa shape index (κ3) is 6.29. The number of ketones is 1. The number of carbonyl (C=O) groups is 2. The monoisotopic (exact) mass is 384 g/mol. The molecule has 0 amide bonds. The average molecular weight is 384 g/mol. The molecule has 0 aliphatic carbocycles. The number of carboxylic acid groups (broad SMARTS) is 1. The maximum Gasteiger partial charge on any atom is 0.313 e. The van der Waals surface area contributed by atoms with E-state index < -0.39 is 5.97 Å². The van der Waals surface area contributed by atoms with E-state index in [1.165, 1.54) is 17.3 Å². The van der Waals surface area contributed by atoms with Crippen LogP contribution in [0.2, 0.25) is 0 Å². The highest BCUT2D eigenvalue weighted by atomic mass is 32.2. The Bertz CT molecular complexity index is 823. The zero-order valence-corrected chi connectivity index (χ0v) is 16.6. The molecule has 0 bridgehead atoms. The molecule has 1 N–H and O–H groups in total. The Balaban J connectivity index is 2.11. The summed E-state index contributed by atoms with van der Waals surface area (Å²) >= 11 is 1.27. The van der Waals surface area contributed by atoms with Crippen LogP contribution >= 0.6 is 11.8 Å². The van der Waals surface area contributed by atoms with Crippen molar-refractivity contribution in [2.45, 2.75) is 25.5 Å². The number of aliphatic carboxylic acids is 1. The number of methoxy groups -OCH3 is 1. The molecule has 0 heterocycles. The minimum absolute atomic E-state index is 0.00754. The molecule has 5 heteroatoms. The third-order valence-corrected chi connectivity index (χ3v) is 5.04. The van der Waals surface area contributed by atoms with Gasteiger partial charge in [0, 0.05) is 16.9 Å². The lowest BCUT2D eigenvalue weighted by molar-refractivity contribution is -0.133. The van der Waals surface area contributed by atoms with Crippen molar-refractivity contribution in [1.82, 2.24) is 0 Å². The second-order valence-electron chi connectivity index (χ2n) is 6.43. The first-order valence-electron chi connectivity index (χ1n) is 8.69. The van der Waals surface area contributed by atoms with E-state index in [1.807, 2.05) is 12.1 Å². The molecule has 0 spiro atoms. The lowest BCUT2D eigenvalue weighted by atomic mass is 10.0. The summed E-state index contributed by atoms with van der Waals surface area (Å²) in [4.78, 5) is 23.2. The minimum Gasteiger partial charge on any atom is -0.496 e. The molecule has 0 saturated heterocycles. The fourth-order valence-electron chi connectivity index (χ4n) is 2.55. The van der Waals surface area contributed by atoms with E-state index in [1.54, 1.807) is 37.5 Å². The van der Waals surface area contributed by atoms with Crippen molar-refractivity contribution in [3.63, 3.8) is 0 Å². The fourth-order valence-corrected chi connectivity index (χ4v) is 3.28. The van der Waals surface area contributed by atoms with Gasteiger partial charge in [0.25, 0.3) is 0 Å². The average Bonchev–Trinajstić information content (AvgIpc) is 2.66. The van der Waals surface area contributed by atoms with E-state index in [4.69, 9.17) is 9.84 Å². The first-order chi connectivity index (χ1) is 12.9. The Morgan fingerprint density at radius 1 is 1.15 bits per heavy atom. The standard InChI is InChI=1S/C22H24O4S/c1-15(2)17-7-4-16(5-8-17)6-10-20(23)18-9-11-21(26-3)19(12-18)13-27-14-22(24)25/h4-12,15H,13-14H2,1-3H3,(H,24,25)/b10-6+. The topological polar surface area (TPSA) is 63.6 Å². The molecule has 0 unspecified atom stereocenters. The van der Waals surface area contributed by atoms with Crippen LogP contribution in [0.25, 0.3) is 6.08 Å². The van der Waals surface area contributed by atoms with Crippen LogP contribution in [0, 0.1) is 0 Å². The van der Waals surface area contributed by atoms with Gasteiger partial charge in [-0.05, 0) is 41.3 Å². The summed E-state index contributed by atoms with van der Waals surface area (Å²) in [6.45, 7) is 4.29. The van der Waals surface area contributed by atoms with E-state index in [2.05, 4.69) is 26.0 Å². The van der Waals surface area contributed by atoms with Crippen LogP contribution in [0.5, 0.6) is 5.75 Å². The molecule has 0 aliphatic rings.